The van der Waals surface area contributed by atoms with Gasteiger partial charge in [0, 0.05) is 28.3 Å². The van der Waals surface area contributed by atoms with Gasteiger partial charge in [-0.15, -0.1) is 0 Å². The number of fused-ring (bicyclic) bond motifs is 1. The first-order valence-corrected chi connectivity index (χ1v) is 14.7. The number of alkyl halides is 3. The van der Waals surface area contributed by atoms with Gasteiger partial charge in [0.25, 0.3) is 0 Å². The standard InChI is InChI=1S/C31H36ClF3N2O5/c1-29(2,3)42-28(40)18-10-8-17(9-11-18)25-20-13-12-19(27(39)41-4)16-23(20)37(36-25)26(38)24-21(6-5-7-22(24)32)30(14-15-30)31(33,34)35/h5-8,18-19,26,38H,9-16H2,1-4H3/t18-,19-,26?/m1/s1. The topological polar surface area (TPSA) is 90.7 Å². The lowest BCUT2D eigenvalue weighted by molar-refractivity contribution is -0.161. The highest BCUT2D eigenvalue weighted by molar-refractivity contribution is 6.31. The van der Waals surface area contributed by atoms with Crippen LogP contribution in [0.1, 0.15) is 93.6 Å². The van der Waals surface area contributed by atoms with Crippen molar-refractivity contribution in [3.8, 4) is 0 Å². The zero-order valence-electron chi connectivity index (χ0n) is 24.2. The summed E-state index contributed by atoms with van der Waals surface area (Å²) in [5.74, 6) is -1.42. The highest BCUT2D eigenvalue weighted by Gasteiger charge is 2.65. The van der Waals surface area contributed by atoms with Gasteiger partial charge in [0.05, 0.1) is 30.1 Å². The van der Waals surface area contributed by atoms with Gasteiger partial charge in [-0.05, 0) is 82.9 Å². The average Bonchev–Trinajstić information content (AvgIpc) is 3.67. The molecule has 0 radical (unpaired) electrons. The third-order valence-electron chi connectivity index (χ3n) is 8.64. The first-order chi connectivity index (χ1) is 19.7. The van der Waals surface area contributed by atoms with E-state index in [-0.39, 0.29) is 47.3 Å². The fraction of sp³-hybridized carbons (Fsp3) is 0.581. The lowest BCUT2D eigenvalue weighted by Gasteiger charge is -2.27. The molecule has 42 heavy (non-hydrogen) atoms. The first kappa shape index (κ1) is 30.6. The van der Waals surface area contributed by atoms with E-state index in [4.69, 9.17) is 26.2 Å². The summed E-state index contributed by atoms with van der Waals surface area (Å²) in [6.07, 6.45) is -1.58. The van der Waals surface area contributed by atoms with Crippen LogP contribution < -0.4 is 0 Å². The maximum absolute atomic E-state index is 14.2. The second-order valence-electron chi connectivity index (χ2n) is 12.6. The van der Waals surface area contributed by atoms with Crippen LogP contribution in [0.5, 0.6) is 0 Å². The molecular weight excluding hydrogens is 573 g/mol. The number of rotatable bonds is 6. The fourth-order valence-electron chi connectivity index (χ4n) is 6.28. The van der Waals surface area contributed by atoms with Crippen molar-refractivity contribution in [1.29, 1.82) is 0 Å². The van der Waals surface area contributed by atoms with Gasteiger partial charge in [0.15, 0.2) is 6.23 Å². The number of hydrogen-bond acceptors (Lipinski definition) is 6. The number of aromatic nitrogens is 2. The molecule has 0 saturated heterocycles. The number of aliphatic hydroxyl groups excluding tert-OH is 1. The van der Waals surface area contributed by atoms with Gasteiger partial charge in [-0.25, -0.2) is 4.68 Å². The highest BCUT2D eigenvalue weighted by atomic mass is 35.5. The van der Waals surface area contributed by atoms with Crippen molar-refractivity contribution in [1.82, 2.24) is 9.78 Å². The Kier molecular flexibility index (Phi) is 8.02. The van der Waals surface area contributed by atoms with Gasteiger partial charge in [-0.1, -0.05) is 29.8 Å². The Hall–Kier alpha value is -2.85. The maximum atomic E-state index is 14.2. The maximum Gasteiger partial charge on any atom is 0.398 e. The summed E-state index contributed by atoms with van der Waals surface area (Å²) >= 11 is 6.49. The molecule has 1 unspecified atom stereocenters. The van der Waals surface area contributed by atoms with Crippen LogP contribution in [0.4, 0.5) is 13.2 Å². The molecule has 2 aromatic rings. The summed E-state index contributed by atoms with van der Waals surface area (Å²) in [7, 11) is 1.31. The Balaban J connectivity index is 1.55. The van der Waals surface area contributed by atoms with Crippen LogP contribution >= 0.6 is 11.6 Å². The molecule has 0 aliphatic heterocycles. The van der Waals surface area contributed by atoms with Gasteiger partial charge >= 0.3 is 18.1 Å². The molecule has 1 heterocycles. The van der Waals surface area contributed by atoms with Crippen molar-refractivity contribution in [2.24, 2.45) is 11.8 Å². The molecule has 7 nitrogen and oxygen atoms in total. The number of ether oxygens (including phenoxy) is 2. The summed E-state index contributed by atoms with van der Waals surface area (Å²) in [5.41, 5.74) is 0.170. The Labute approximate surface area is 248 Å². The average molecular weight is 609 g/mol. The predicted molar refractivity (Wildman–Crippen MR) is 150 cm³/mol. The van der Waals surface area contributed by atoms with Crippen molar-refractivity contribution in [2.45, 2.75) is 95.6 Å². The van der Waals surface area contributed by atoms with Crippen LogP contribution in [-0.2, 0) is 37.3 Å². The van der Waals surface area contributed by atoms with E-state index in [9.17, 15) is 27.9 Å². The van der Waals surface area contributed by atoms with Crippen molar-refractivity contribution in [3.05, 3.63) is 57.4 Å². The van der Waals surface area contributed by atoms with Crippen LogP contribution in [0, 0.1) is 11.8 Å². The number of hydrogen-bond donors (Lipinski definition) is 1. The molecule has 0 amide bonds. The van der Waals surface area contributed by atoms with Crippen molar-refractivity contribution < 1.29 is 37.3 Å². The fourth-order valence-corrected chi connectivity index (χ4v) is 6.56. The number of halogens is 4. The van der Waals surface area contributed by atoms with Gasteiger partial charge < -0.3 is 14.6 Å². The minimum atomic E-state index is -4.51. The predicted octanol–water partition coefficient (Wildman–Crippen LogP) is 6.47. The zero-order valence-corrected chi connectivity index (χ0v) is 24.9. The molecule has 0 bridgehead atoms. The van der Waals surface area contributed by atoms with Gasteiger partial charge in [-0.3, -0.25) is 9.59 Å². The van der Waals surface area contributed by atoms with Crippen LogP contribution in [0.2, 0.25) is 5.02 Å². The van der Waals surface area contributed by atoms with Crippen LogP contribution in [0.25, 0.3) is 5.57 Å². The molecule has 1 aromatic heterocycles. The Morgan fingerprint density at radius 1 is 1.12 bits per heavy atom. The number of benzene rings is 1. The SMILES string of the molecule is COC(=O)[C@@H]1CCc2c(C3=CC[C@@H](C(=O)OC(C)(C)C)CC3)nn(C(O)c3c(Cl)cccc3C3(C(F)(F)F)CC3)c2C1. The summed E-state index contributed by atoms with van der Waals surface area (Å²) in [6.45, 7) is 5.47. The van der Waals surface area contributed by atoms with E-state index in [1.54, 1.807) is 0 Å². The quantitative estimate of drug-likeness (QED) is 0.378. The smallest absolute Gasteiger partial charge is 0.398 e. The van der Waals surface area contributed by atoms with Crippen LogP contribution in [0.15, 0.2) is 24.3 Å². The molecule has 3 aliphatic carbocycles. The Morgan fingerprint density at radius 3 is 2.38 bits per heavy atom. The van der Waals surface area contributed by atoms with Crippen molar-refractivity contribution in [2.75, 3.05) is 7.11 Å². The molecule has 228 valence electrons. The minimum absolute atomic E-state index is 0.0127. The van der Waals surface area contributed by atoms with E-state index in [2.05, 4.69) is 0 Å². The van der Waals surface area contributed by atoms with Gasteiger partial charge in [0.2, 0.25) is 0 Å². The van der Waals surface area contributed by atoms with E-state index in [0.717, 1.165) is 11.1 Å². The summed E-state index contributed by atoms with van der Waals surface area (Å²) < 4.78 is 54.5. The molecule has 1 saturated carbocycles. The van der Waals surface area contributed by atoms with E-state index < -0.39 is 35.3 Å². The summed E-state index contributed by atoms with van der Waals surface area (Å²) in [6, 6.07) is 4.30. The largest absolute Gasteiger partial charge is 0.469 e. The number of esters is 2. The number of carbonyl (C=O) groups is 2. The van der Waals surface area contributed by atoms with Gasteiger partial charge in [0.1, 0.15) is 5.60 Å². The Bertz CT molecular complexity index is 1420. The number of carbonyl (C=O) groups excluding carboxylic acids is 2. The molecular formula is C31H36ClF3N2O5. The molecule has 0 spiro atoms. The summed E-state index contributed by atoms with van der Waals surface area (Å²) in [4.78, 5) is 25.1. The molecule has 1 aromatic carbocycles. The molecule has 1 fully saturated rings. The Morgan fingerprint density at radius 2 is 1.81 bits per heavy atom. The third kappa shape index (κ3) is 5.60. The number of methoxy groups -OCH3 is 1. The second-order valence-corrected chi connectivity index (χ2v) is 13.0. The van der Waals surface area contributed by atoms with Crippen LogP contribution in [-0.4, -0.2) is 45.7 Å². The number of allylic oxidation sites excluding steroid dienone is 2. The monoisotopic (exact) mass is 608 g/mol. The number of nitrogens with zero attached hydrogens (tertiary/aromatic N) is 2. The lowest BCUT2D eigenvalue weighted by atomic mass is 9.82. The molecule has 3 atom stereocenters. The minimum Gasteiger partial charge on any atom is -0.469 e. The highest BCUT2D eigenvalue weighted by Crippen LogP contribution is 2.60. The lowest BCUT2D eigenvalue weighted by Crippen LogP contribution is -2.31. The van der Waals surface area contributed by atoms with Crippen LogP contribution in [0.3, 0.4) is 0 Å². The van der Waals surface area contributed by atoms with E-state index >= 15 is 0 Å². The second kappa shape index (κ2) is 11.0. The van der Waals surface area contributed by atoms with E-state index in [0.29, 0.717) is 43.5 Å². The zero-order chi connectivity index (χ0) is 30.6. The first-order valence-electron chi connectivity index (χ1n) is 14.3. The molecule has 3 aliphatic rings. The normalized spacial score (nSPS) is 22.5. The van der Waals surface area contributed by atoms with Crippen molar-refractivity contribution >= 4 is 29.1 Å². The van der Waals surface area contributed by atoms with E-state index in [1.165, 1.54) is 30.0 Å². The third-order valence-corrected chi connectivity index (χ3v) is 8.97. The molecule has 5 rings (SSSR count). The van der Waals surface area contributed by atoms with Crippen molar-refractivity contribution in [3.63, 3.8) is 0 Å². The van der Waals surface area contributed by atoms with E-state index in [1.807, 2.05) is 26.8 Å². The van der Waals surface area contributed by atoms with Gasteiger partial charge in [-0.2, -0.15) is 18.3 Å². The molecule has 11 heteroatoms. The molecule has 1 N–H and O–H groups in total. The summed E-state index contributed by atoms with van der Waals surface area (Å²) in [5, 5.41) is 16.5. The number of aliphatic hydroxyl groups is 1.